The number of halogens is 1. The summed E-state index contributed by atoms with van der Waals surface area (Å²) >= 11 is 6.10. The third-order valence-corrected chi connectivity index (χ3v) is 5.23. The van der Waals surface area contributed by atoms with E-state index in [-0.39, 0.29) is 0 Å². The predicted molar refractivity (Wildman–Crippen MR) is 88.7 cm³/mol. The molecule has 0 saturated heterocycles. The van der Waals surface area contributed by atoms with Crippen molar-refractivity contribution in [2.75, 3.05) is 5.73 Å². The highest BCUT2D eigenvalue weighted by Crippen LogP contribution is 2.47. The number of nitrogens with two attached hydrogens (primary N) is 1. The summed E-state index contributed by atoms with van der Waals surface area (Å²) in [4.78, 5) is 4.88. The van der Waals surface area contributed by atoms with Gasteiger partial charge in [-0.3, -0.25) is 4.98 Å². The average Bonchev–Trinajstić information content (AvgIpc) is 2.46. The molecule has 0 amide bonds. The first kappa shape index (κ1) is 13.1. The van der Waals surface area contributed by atoms with Crippen LogP contribution in [0, 0.1) is 5.92 Å². The van der Waals surface area contributed by atoms with Crippen molar-refractivity contribution in [1.82, 2.24) is 4.98 Å². The molecule has 1 heterocycles. The average molecular weight is 299 g/mol. The van der Waals surface area contributed by atoms with E-state index in [1.54, 1.807) is 5.57 Å². The van der Waals surface area contributed by atoms with Gasteiger partial charge in [0, 0.05) is 27.4 Å². The molecule has 0 unspecified atom stereocenters. The van der Waals surface area contributed by atoms with Gasteiger partial charge in [-0.25, -0.2) is 0 Å². The molecule has 3 heteroatoms. The van der Waals surface area contributed by atoms with Gasteiger partial charge in [0.25, 0.3) is 0 Å². The molecule has 4 rings (SSSR count). The van der Waals surface area contributed by atoms with Gasteiger partial charge in [-0.15, -0.1) is 0 Å². The van der Waals surface area contributed by atoms with Crippen LogP contribution in [0.2, 0.25) is 5.02 Å². The van der Waals surface area contributed by atoms with Crippen LogP contribution in [0.15, 0.2) is 29.8 Å². The topological polar surface area (TPSA) is 38.9 Å². The molecule has 2 aromatic rings. The van der Waals surface area contributed by atoms with Crippen molar-refractivity contribution >= 4 is 28.2 Å². The normalized spacial score (nSPS) is 23.8. The van der Waals surface area contributed by atoms with Crippen LogP contribution in [0.25, 0.3) is 10.9 Å². The molecule has 0 fully saturated rings. The zero-order valence-electron chi connectivity index (χ0n) is 12.2. The Morgan fingerprint density at radius 1 is 1.33 bits per heavy atom. The number of hydrogen-bond donors (Lipinski definition) is 1. The largest absolute Gasteiger partial charge is 0.398 e. The molecule has 0 spiro atoms. The Morgan fingerprint density at radius 2 is 2.19 bits per heavy atom. The summed E-state index contributed by atoms with van der Waals surface area (Å²) in [5, 5.41) is 1.77. The van der Waals surface area contributed by atoms with E-state index < -0.39 is 0 Å². The van der Waals surface area contributed by atoms with Crippen LogP contribution in [-0.4, -0.2) is 4.98 Å². The van der Waals surface area contributed by atoms with Gasteiger partial charge in [0.05, 0.1) is 5.52 Å². The molecular weight excluding hydrogens is 280 g/mol. The molecule has 2 bridgehead atoms. The fourth-order valence-corrected chi connectivity index (χ4v) is 4.22. The minimum Gasteiger partial charge on any atom is -0.398 e. The van der Waals surface area contributed by atoms with Gasteiger partial charge in [-0.2, -0.15) is 0 Å². The maximum Gasteiger partial charge on any atom is 0.0741 e. The first-order valence-corrected chi connectivity index (χ1v) is 8.10. The van der Waals surface area contributed by atoms with Gasteiger partial charge >= 0.3 is 0 Å². The Bertz CT molecular complexity index is 763. The second-order valence-electron chi connectivity index (χ2n) is 6.33. The van der Waals surface area contributed by atoms with Crippen molar-refractivity contribution in [2.24, 2.45) is 5.92 Å². The minimum absolute atomic E-state index is 0.547. The van der Waals surface area contributed by atoms with Crippen LogP contribution < -0.4 is 5.73 Å². The lowest BCUT2D eigenvalue weighted by molar-refractivity contribution is 0.429. The molecule has 0 saturated carbocycles. The second-order valence-corrected chi connectivity index (χ2v) is 6.76. The summed E-state index contributed by atoms with van der Waals surface area (Å²) in [6.45, 7) is 2.25. The number of anilines is 1. The van der Waals surface area contributed by atoms with Crippen LogP contribution in [-0.2, 0) is 6.42 Å². The summed E-state index contributed by atoms with van der Waals surface area (Å²) in [6, 6.07) is 5.83. The number of allylic oxidation sites excluding steroid dienone is 2. The molecule has 2 atom stereocenters. The standard InChI is InChI=1S/C18H19ClN2/c1-2-10-5-11-7-12(6-10)17-16(8-11)21-15-9-13(19)3-4-14(15)18(17)20/h3-5,9,11-12H,2,6-8H2,1H3,(H2,20,21)/t11-,12-/m1/s1. The lowest BCUT2D eigenvalue weighted by Gasteiger charge is -2.35. The number of nitrogen functional groups attached to an aromatic ring is 1. The number of hydrogen-bond acceptors (Lipinski definition) is 2. The third kappa shape index (κ3) is 2.04. The highest BCUT2D eigenvalue weighted by molar-refractivity contribution is 6.31. The van der Waals surface area contributed by atoms with Gasteiger partial charge in [0.2, 0.25) is 0 Å². The first-order valence-electron chi connectivity index (χ1n) is 7.72. The summed E-state index contributed by atoms with van der Waals surface area (Å²) < 4.78 is 0. The lowest BCUT2D eigenvalue weighted by Crippen LogP contribution is -2.24. The summed E-state index contributed by atoms with van der Waals surface area (Å²) in [6.07, 6.45) is 7.01. The molecule has 2 nitrogen and oxygen atoms in total. The van der Waals surface area contributed by atoms with E-state index >= 15 is 0 Å². The third-order valence-electron chi connectivity index (χ3n) is 4.99. The van der Waals surface area contributed by atoms with Crippen LogP contribution in [0.1, 0.15) is 43.4 Å². The summed E-state index contributed by atoms with van der Waals surface area (Å²) in [5.74, 6) is 1.18. The Labute approximate surface area is 130 Å². The van der Waals surface area contributed by atoms with E-state index in [0.717, 1.165) is 40.9 Å². The van der Waals surface area contributed by atoms with Crippen molar-refractivity contribution < 1.29 is 0 Å². The molecule has 108 valence electrons. The van der Waals surface area contributed by atoms with Crippen molar-refractivity contribution in [3.8, 4) is 0 Å². The molecule has 1 aromatic heterocycles. The van der Waals surface area contributed by atoms with Crippen LogP contribution in [0.4, 0.5) is 5.69 Å². The van der Waals surface area contributed by atoms with Gasteiger partial charge in [0.1, 0.15) is 0 Å². The Balaban J connectivity index is 1.92. The molecule has 0 aliphatic heterocycles. The van der Waals surface area contributed by atoms with Crippen molar-refractivity contribution in [2.45, 2.75) is 38.5 Å². The van der Waals surface area contributed by atoms with Gasteiger partial charge < -0.3 is 5.73 Å². The maximum atomic E-state index is 6.51. The van der Waals surface area contributed by atoms with Gasteiger partial charge in [0.15, 0.2) is 0 Å². The molecule has 2 aliphatic carbocycles. The molecule has 2 aliphatic rings. The lowest BCUT2D eigenvalue weighted by atomic mass is 9.70. The Morgan fingerprint density at radius 3 is 3.00 bits per heavy atom. The molecular formula is C18H19ClN2. The molecule has 2 N–H and O–H groups in total. The number of aromatic nitrogens is 1. The number of pyridine rings is 1. The Hall–Kier alpha value is -1.54. The van der Waals surface area contributed by atoms with Crippen LogP contribution in [0.5, 0.6) is 0 Å². The van der Waals surface area contributed by atoms with E-state index in [1.165, 1.54) is 17.7 Å². The summed E-state index contributed by atoms with van der Waals surface area (Å²) in [5.41, 5.74) is 12.4. The fraction of sp³-hybridized carbons (Fsp3) is 0.389. The van der Waals surface area contributed by atoms with Crippen molar-refractivity contribution in [1.29, 1.82) is 0 Å². The number of benzene rings is 1. The van der Waals surface area contributed by atoms with E-state index in [2.05, 4.69) is 13.0 Å². The molecule has 21 heavy (non-hydrogen) atoms. The Kier molecular flexibility index (Phi) is 2.97. The van der Waals surface area contributed by atoms with E-state index in [4.69, 9.17) is 22.3 Å². The molecule has 0 radical (unpaired) electrons. The fourth-order valence-electron chi connectivity index (χ4n) is 4.05. The number of nitrogens with zero attached hydrogens (tertiary/aromatic N) is 1. The first-order chi connectivity index (χ1) is 10.2. The quantitative estimate of drug-likeness (QED) is 0.764. The summed E-state index contributed by atoms with van der Waals surface area (Å²) in [7, 11) is 0. The zero-order valence-corrected chi connectivity index (χ0v) is 13.0. The minimum atomic E-state index is 0.547. The van der Waals surface area contributed by atoms with Crippen molar-refractivity contribution in [3.05, 3.63) is 46.1 Å². The second kappa shape index (κ2) is 4.74. The maximum absolute atomic E-state index is 6.51. The zero-order chi connectivity index (χ0) is 14.6. The van der Waals surface area contributed by atoms with Crippen molar-refractivity contribution in [3.63, 3.8) is 0 Å². The smallest absolute Gasteiger partial charge is 0.0741 e. The SMILES string of the molecule is CCC1=C[C@H]2Cc3nc4cc(Cl)ccc4c(N)c3[C@H](C1)C2. The molecule has 1 aromatic carbocycles. The van der Waals surface area contributed by atoms with Gasteiger partial charge in [-0.05, 0) is 55.7 Å². The highest BCUT2D eigenvalue weighted by atomic mass is 35.5. The van der Waals surface area contributed by atoms with Crippen LogP contribution >= 0.6 is 11.6 Å². The highest BCUT2D eigenvalue weighted by Gasteiger charge is 2.33. The van der Waals surface area contributed by atoms with E-state index in [1.807, 2.05) is 18.2 Å². The monoisotopic (exact) mass is 298 g/mol. The van der Waals surface area contributed by atoms with Crippen LogP contribution in [0.3, 0.4) is 0 Å². The number of fused-ring (bicyclic) bond motifs is 5. The predicted octanol–water partition coefficient (Wildman–Crippen LogP) is 4.86. The van der Waals surface area contributed by atoms with Gasteiger partial charge in [-0.1, -0.05) is 30.2 Å². The van der Waals surface area contributed by atoms with E-state index in [0.29, 0.717) is 11.8 Å². The van der Waals surface area contributed by atoms with E-state index in [9.17, 15) is 0 Å². The number of rotatable bonds is 1.